The van der Waals surface area contributed by atoms with Crippen LogP contribution >= 0.6 is 11.6 Å². The Labute approximate surface area is 143 Å². The van der Waals surface area contributed by atoms with Crippen LogP contribution in [0.1, 0.15) is 68.6 Å². The van der Waals surface area contributed by atoms with Crippen molar-refractivity contribution in [3.63, 3.8) is 0 Å². The van der Waals surface area contributed by atoms with Crippen molar-refractivity contribution in [1.29, 1.82) is 0 Å². The standard InChI is InChI=1S/C18H25ClN2O2/c1-2-3-9-17(22)21-16-12-13(10-11-15(16)19)18(23)20-14-7-5-4-6-8-14/h10-12,14H,2-9H2,1H3,(H,20,23)(H,21,22). The Morgan fingerprint density at radius 2 is 1.96 bits per heavy atom. The molecule has 0 spiro atoms. The minimum absolute atomic E-state index is 0.0708. The normalized spacial score (nSPS) is 15.2. The van der Waals surface area contributed by atoms with Crippen LogP contribution in [0.4, 0.5) is 5.69 Å². The number of anilines is 1. The van der Waals surface area contributed by atoms with Crippen LogP contribution in [0.2, 0.25) is 5.02 Å². The third-order valence-corrected chi connectivity index (χ3v) is 4.53. The quantitative estimate of drug-likeness (QED) is 0.801. The summed E-state index contributed by atoms with van der Waals surface area (Å²) >= 11 is 6.12. The molecule has 5 heteroatoms. The fraction of sp³-hybridized carbons (Fsp3) is 0.556. The van der Waals surface area contributed by atoms with Crippen molar-refractivity contribution in [3.05, 3.63) is 28.8 Å². The van der Waals surface area contributed by atoms with E-state index in [2.05, 4.69) is 10.6 Å². The molecule has 4 nitrogen and oxygen atoms in total. The highest BCUT2D eigenvalue weighted by Gasteiger charge is 2.17. The number of carbonyl (C=O) groups is 2. The zero-order valence-electron chi connectivity index (χ0n) is 13.7. The lowest BCUT2D eigenvalue weighted by atomic mass is 9.95. The average Bonchev–Trinajstić information content (AvgIpc) is 2.56. The Balaban J connectivity index is 2.00. The van der Waals surface area contributed by atoms with Crippen molar-refractivity contribution >= 4 is 29.1 Å². The Morgan fingerprint density at radius 3 is 2.65 bits per heavy atom. The molecule has 1 fully saturated rings. The lowest BCUT2D eigenvalue weighted by Crippen LogP contribution is -2.36. The third kappa shape index (κ3) is 5.54. The Bertz CT molecular complexity index is 554. The highest BCUT2D eigenvalue weighted by atomic mass is 35.5. The molecule has 1 aromatic carbocycles. The second kappa shape index (κ2) is 8.92. The fourth-order valence-electron chi connectivity index (χ4n) is 2.83. The van der Waals surface area contributed by atoms with Crippen molar-refractivity contribution in [2.45, 2.75) is 64.3 Å². The monoisotopic (exact) mass is 336 g/mol. The number of halogens is 1. The first-order valence-electron chi connectivity index (χ1n) is 8.50. The molecule has 0 bridgehead atoms. The number of nitrogens with one attached hydrogen (secondary N) is 2. The van der Waals surface area contributed by atoms with Gasteiger partial charge in [-0.2, -0.15) is 0 Å². The van der Waals surface area contributed by atoms with Gasteiger partial charge in [0.05, 0.1) is 10.7 Å². The molecular weight excluding hydrogens is 312 g/mol. The number of hydrogen-bond donors (Lipinski definition) is 2. The number of hydrogen-bond acceptors (Lipinski definition) is 2. The summed E-state index contributed by atoms with van der Waals surface area (Å²) in [7, 11) is 0. The van der Waals surface area contributed by atoms with E-state index in [1.807, 2.05) is 6.92 Å². The molecule has 2 amide bonds. The minimum Gasteiger partial charge on any atom is -0.349 e. The SMILES string of the molecule is CCCCC(=O)Nc1cc(C(=O)NC2CCCCC2)ccc1Cl. The van der Waals surface area contributed by atoms with Gasteiger partial charge in [0, 0.05) is 18.0 Å². The molecule has 1 aliphatic carbocycles. The van der Waals surface area contributed by atoms with Crippen molar-refractivity contribution < 1.29 is 9.59 Å². The second-order valence-corrected chi connectivity index (χ2v) is 6.56. The summed E-state index contributed by atoms with van der Waals surface area (Å²) in [4.78, 5) is 24.2. The zero-order chi connectivity index (χ0) is 16.7. The van der Waals surface area contributed by atoms with Crippen LogP contribution in [0.15, 0.2) is 18.2 Å². The lowest BCUT2D eigenvalue weighted by molar-refractivity contribution is -0.116. The van der Waals surface area contributed by atoms with Crippen molar-refractivity contribution in [2.75, 3.05) is 5.32 Å². The summed E-state index contributed by atoms with van der Waals surface area (Å²) in [5.74, 6) is -0.170. The van der Waals surface area contributed by atoms with Gasteiger partial charge in [-0.15, -0.1) is 0 Å². The van der Waals surface area contributed by atoms with E-state index in [0.717, 1.165) is 25.7 Å². The number of benzene rings is 1. The van der Waals surface area contributed by atoms with Crippen LogP contribution in [0, 0.1) is 0 Å². The maximum absolute atomic E-state index is 12.4. The molecule has 1 saturated carbocycles. The summed E-state index contributed by atoms with van der Waals surface area (Å²) in [6.45, 7) is 2.04. The van der Waals surface area contributed by atoms with E-state index < -0.39 is 0 Å². The van der Waals surface area contributed by atoms with E-state index in [-0.39, 0.29) is 17.9 Å². The van der Waals surface area contributed by atoms with Crippen molar-refractivity contribution in [3.8, 4) is 0 Å². The number of amides is 2. The molecule has 0 aromatic heterocycles. The van der Waals surface area contributed by atoms with Crippen molar-refractivity contribution in [2.24, 2.45) is 0 Å². The summed E-state index contributed by atoms with van der Waals surface area (Å²) in [6.07, 6.45) is 7.94. The summed E-state index contributed by atoms with van der Waals surface area (Å²) in [5.41, 5.74) is 1.04. The molecule has 0 aliphatic heterocycles. The average molecular weight is 337 g/mol. The van der Waals surface area contributed by atoms with Gasteiger partial charge in [0.1, 0.15) is 0 Å². The molecule has 1 aromatic rings. The van der Waals surface area contributed by atoms with Gasteiger partial charge in [-0.05, 0) is 37.5 Å². The lowest BCUT2D eigenvalue weighted by Gasteiger charge is -2.23. The van der Waals surface area contributed by atoms with Gasteiger partial charge in [-0.1, -0.05) is 44.2 Å². The first kappa shape index (κ1) is 17.8. The maximum Gasteiger partial charge on any atom is 0.251 e. The van der Waals surface area contributed by atoms with E-state index in [1.165, 1.54) is 19.3 Å². The first-order valence-corrected chi connectivity index (χ1v) is 8.88. The molecule has 23 heavy (non-hydrogen) atoms. The van der Waals surface area contributed by atoms with Crippen LogP contribution in [0.5, 0.6) is 0 Å². The van der Waals surface area contributed by atoms with Gasteiger partial charge in [-0.25, -0.2) is 0 Å². The Kier molecular flexibility index (Phi) is 6.90. The molecule has 2 N–H and O–H groups in total. The minimum atomic E-state index is -0.0994. The number of rotatable bonds is 6. The number of unbranched alkanes of at least 4 members (excludes halogenated alkanes) is 1. The van der Waals surface area contributed by atoms with Gasteiger partial charge in [0.25, 0.3) is 5.91 Å². The molecule has 0 unspecified atom stereocenters. The van der Waals surface area contributed by atoms with Gasteiger partial charge >= 0.3 is 0 Å². The van der Waals surface area contributed by atoms with Crippen LogP contribution < -0.4 is 10.6 Å². The maximum atomic E-state index is 12.4. The highest BCUT2D eigenvalue weighted by molar-refractivity contribution is 6.33. The summed E-state index contributed by atoms with van der Waals surface area (Å²) < 4.78 is 0. The van der Waals surface area contributed by atoms with Gasteiger partial charge in [0.15, 0.2) is 0 Å². The largest absolute Gasteiger partial charge is 0.349 e. The molecule has 2 rings (SSSR count). The fourth-order valence-corrected chi connectivity index (χ4v) is 2.99. The van der Waals surface area contributed by atoms with E-state index in [1.54, 1.807) is 18.2 Å². The van der Waals surface area contributed by atoms with Gasteiger partial charge in [-0.3, -0.25) is 9.59 Å². The Morgan fingerprint density at radius 1 is 1.22 bits per heavy atom. The Hall–Kier alpha value is -1.55. The summed E-state index contributed by atoms with van der Waals surface area (Å²) in [6, 6.07) is 5.27. The third-order valence-electron chi connectivity index (χ3n) is 4.20. The van der Waals surface area contributed by atoms with E-state index in [0.29, 0.717) is 22.7 Å². The van der Waals surface area contributed by atoms with Crippen LogP contribution in [-0.4, -0.2) is 17.9 Å². The summed E-state index contributed by atoms with van der Waals surface area (Å²) in [5, 5.41) is 6.32. The topological polar surface area (TPSA) is 58.2 Å². The van der Waals surface area contributed by atoms with Crippen LogP contribution in [0.3, 0.4) is 0 Å². The van der Waals surface area contributed by atoms with E-state index in [9.17, 15) is 9.59 Å². The van der Waals surface area contributed by atoms with Crippen LogP contribution in [-0.2, 0) is 4.79 Å². The second-order valence-electron chi connectivity index (χ2n) is 6.15. The molecule has 1 aliphatic rings. The van der Waals surface area contributed by atoms with E-state index >= 15 is 0 Å². The molecule has 0 heterocycles. The van der Waals surface area contributed by atoms with Crippen LogP contribution in [0.25, 0.3) is 0 Å². The van der Waals surface area contributed by atoms with E-state index in [4.69, 9.17) is 11.6 Å². The smallest absolute Gasteiger partial charge is 0.251 e. The zero-order valence-corrected chi connectivity index (χ0v) is 14.4. The predicted molar refractivity (Wildman–Crippen MR) is 93.9 cm³/mol. The predicted octanol–water partition coefficient (Wildman–Crippen LogP) is 4.53. The molecule has 0 radical (unpaired) electrons. The van der Waals surface area contributed by atoms with Gasteiger partial charge < -0.3 is 10.6 Å². The van der Waals surface area contributed by atoms with Crippen molar-refractivity contribution in [1.82, 2.24) is 5.32 Å². The molecule has 0 saturated heterocycles. The molecule has 0 atom stereocenters. The molecular formula is C18H25ClN2O2. The first-order chi connectivity index (χ1) is 11.1. The highest BCUT2D eigenvalue weighted by Crippen LogP contribution is 2.24. The number of carbonyl (C=O) groups excluding carboxylic acids is 2. The molecule has 126 valence electrons. The van der Waals surface area contributed by atoms with Gasteiger partial charge in [0.2, 0.25) is 5.91 Å².